The molecule has 2 nitrogen and oxygen atoms in total. The van der Waals surface area contributed by atoms with Crippen molar-refractivity contribution in [2.75, 3.05) is 6.61 Å². The standard InChI is InChI=1S/C8H8ClNO/c9-8-4-3-7-6(10-8)2-1-5-11-7/h3-4H,1-2,5H2. The molecule has 58 valence electrons. The van der Waals surface area contributed by atoms with Gasteiger partial charge in [0.25, 0.3) is 0 Å². The summed E-state index contributed by atoms with van der Waals surface area (Å²) >= 11 is 5.71. The quantitative estimate of drug-likeness (QED) is 0.555. The molecule has 11 heavy (non-hydrogen) atoms. The second kappa shape index (κ2) is 2.70. The van der Waals surface area contributed by atoms with Gasteiger partial charge in [0, 0.05) is 0 Å². The van der Waals surface area contributed by atoms with Gasteiger partial charge in [-0.15, -0.1) is 0 Å². The summed E-state index contributed by atoms with van der Waals surface area (Å²) in [6, 6.07) is 3.63. The number of fused-ring (bicyclic) bond motifs is 1. The number of hydrogen-bond donors (Lipinski definition) is 0. The third-order valence-electron chi connectivity index (χ3n) is 1.71. The summed E-state index contributed by atoms with van der Waals surface area (Å²) < 4.78 is 5.36. The van der Waals surface area contributed by atoms with Crippen molar-refractivity contribution in [3.05, 3.63) is 23.0 Å². The van der Waals surface area contributed by atoms with Crippen LogP contribution < -0.4 is 4.74 Å². The van der Waals surface area contributed by atoms with Crippen LogP contribution in [0, 0.1) is 0 Å². The Morgan fingerprint density at radius 3 is 3.27 bits per heavy atom. The maximum atomic E-state index is 5.71. The van der Waals surface area contributed by atoms with Crippen molar-refractivity contribution in [3.8, 4) is 5.75 Å². The summed E-state index contributed by atoms with van der Waals surface area (Å²) in [5.41, 5.74) is 0.990. The van der Waals surface area contributed by atoms with Crippen LogP contribution in [0.15, 0.2) is 12.1 Å². The first-order chi connectivity index (χ1) is 5.36. The number of rotatable bonds is 0. The molecule has 2 rings (SSSR count). The van der Waals surface area contributed by atoms with Crippen molar-refractivity contribution < 1.29 is 4.74 Å². The lowest BCUT2D eigenvalue weighted by molar-refractivity contribution is 0.285. The molecule has 1 aliphatic rings. The predicted molar refractivity (Wildman–Crippen MR) is 43.1 cm³/mol. The van der Waals surface area contributed by atoms with E-state index in [9.17, 15) is 0 Å². The van der Waals surface area contributed by atoms with E-state index in [-0.39, 0.29) is 0 Å². The van der Waals surface area contributed by atoms with Crippen LogP contribution in [-0.2, 0) is 6.42 Å². The highest BCUT2D eigenvalue weighted by molar-refractivity contribution is 6.29. The minimum atomic E-state index is 0.550. The van der Waals surface area contributed by atoms with E-state index in [1.165, 1.54) is 0 Å². The second-order valence-corrected chi connectivity index (χ2v) is 2.92. The fourth-order valence-electron chi connectivity index (χ4n) is 1.19. The van der Waals surface area contributed by atoms with Crippen LogP contribution in [0.5, 0.6) is 5.75 Å². The van der Waals surface area contributed by atoms with Crippen LogP contribution in [0.1, 0.15) is 12.1 Å². The Balaban J connectivity index is 2.43. The first-order valence-corrected chi connectivity index (χ1v) is 4.02. The van der Waals surface area contributed by atoms with Gasteiger partial charge in [-0.25, -0.2) is 4.98 Å². The van der Waals surface area contributed by atoms with E-state index < -0.39 is 0 Å². The zero-order valence-electron chi connectivity index (χ0n) is 6.01. The number of hydrogen-bond acceptors (Lipinski definition) is 2. The molecule has 3 heteroatoms. The lowest BCUT2D eigenvalue weighted by atomic mass is 10.2. The second-order valence-electron chi connectivity index (χ2n) is 2.53. The van der Waals surface area contributed by atoms with Gasteiger partial charge in [0.1, 0.15) is 10.9 Å². The molecule has 0 bridgehead atoms. The number of nitrogens with zero attached hydrogens (tertiary/aromatic N) is 1. The number of aromatic nitrogens is 1. The van der Waals surface area contributed by atoms with Crippen molar-refractivity contribution in [2.45, 2.75) is 12.8 Å². The van der Waals surface area contributed by atoms with Crippen molar-refractivity contribution >= 4 is 11.6 Å². The zero-order chi connectivity index (χ0) is 7.68. The molecule has 0 amide bonds. The van der Waals surface area contributed by atoms with Crippen LogP contribution in [0.3, 0.4) is 0 Å². The maximum Gasteiger partial charge on any atom is 0.140 e. The average molecular weight is 170 g/mol. The van der Waals surface area contributed by atoms with E-state index in [4.69, 9.17) is 16.3 Å². The van der Waals surface area contributed by atoms with Crippen LogP contribution in [0.4, 0.5) is 0 Å². The molecule has 0 unspecified atom stereocenters. The van der Waals surface area contributed by atoms with Crippen LogP contribution in [0.2, 0.25) is 5.15 Å². The Hall–Kier alpha value is -0.760. The van der Waals surface area contributed by atoms with E-state index in [2.05, 4.69) is 4.98 Å². The maximum absolute atomic E-state index is 5.71. The van der Waals surface area contributed by atoms with Crippen molar-refractivity contribution in [1.82, 2.24) is 4.98 Å². The molecule has 0 spiro atoms. The molecule has 0 aliphatic carbocycles. The van der Waals surface area contributed by atoms with E-state index in [1.54, 1.807) is 6.07 Å². The SMILES string of the molecule is Clc1ccc2c(n1)CCCO2. The predicted octanol–water partition coefficient (Wildman–Crippen LogP) is 2.06. The van der Waals surface area contributed by atoms with Gasteiger partial charge < -0.3 is 4.74 Å². The van der Waals surface area contributed by atoms with Crippen LogP contribution in [-0.4, -0.2) is 11.6 Å². The van der Waals surface area contributed by atoms with Gasteiger partial charge >= 0.3 is 0 Å². The number of aryl methyl sites for hydroxylation is 1. The molecule has 0 fully saturated rings. The van der Waals surface area contributed by atoms with E-state index in [0.29, 0.717) is 5.15 Å². The molecule has 1 aromatic heterocycles. The highest BCUT2D eigenvalue weighted by atomic mass is 35.5. The smallest absolute Gasteiger partial charge is 0.140 e. The normalized spacial score (nSPS) is 15.4. The molecule has 0 N–H and O–H groups in total. The van der Waals surface area contributed by atoms with Crippen molar-refractivity contribution in [3.63, 3.8) is 0 Å². The number of pyridine rings is 1. The Labute approximate surface area is 70.2 Å². The highest BCUT2D eigenvalue weighted by Gasteiger charge is 2.10. The topological polar surface area (TPSA) is 22.1 Å². The molecule has 2 heterocycles. The minimum Gasteiger partial charge on any atom is -0.492 e. The van der Waals surface area contributed by atoms with Gasteiger partial charge in [-0.1, -0.05) is 11.6 Å². The Morgan fingerprint density at radius 2 is 2.36 bits per heavy atom. The van der Waals surface area contributed by atoms with Crippen molar-refractivity contribution in [1.29, 1.82) is 0 Å². The minimum absolute atomic E-state index is 0.550. The Morgan fingerprint density at radius 1 is 1.45 bits per heavy atom. The molecule has 0 saturated carbocycles. The monoisotopic (exact) mass is 169 g/mol. The molecule has 0 radical (unpaired) electrons. The van der Waals surface area contributed by atoms with Crippen LogP contribution >= 0.6 is 11.6 Å². The summed E-state index contributed by atoms with van der Waals surface area (Å²) in [5.74, 6) is 0.889. The van der Waals surface area contributed by atoms with Gasteiger partial charge in [0.05, 0.1) is 12.3 Å². The summed E-state index contributed by atoms with van der Waals surface area (Å²) in [6.07, 6.45) is 2.02. The third-order valence-corrected chi connectivity index (χ3v) is 1.92. The summed E-state index contributed by atoms with van der Waals surface area (Å²) in [6.45, 7) is 0.802. The Bertz CT molecular complexity index is 275. The Kier molecular flexibility index (Phi) is 1.70. The van der Waals surface area contributed by atoms with Gasteiger partial charge in [0.15, 0.2) is 0 Å². The molecule has 0 aromatic carbocycles. The van der Waals surface area contributed by atoms with Crippen LogP contribution in [0.25, 0.3) is 0 Å². The number of halogens is 1. The molecular weight excluding hydrogens is 162 g/mol. The third kappa shape index (κ3) is 1.31. The lowest BCUT2D eigenvalue weighted by Crippen LogP contribution is -2.09. The summed E-state index contributed by atoms with van der Waals surface area (Å²) in [5, 5.41) is 0.550. The fraction of sp³-hybridized carbons (Fsp3) is 0.375. The summed E-state index contributed by atoms with van der Waals surface area (Å²) in [7, 11) is 0. The summed E-state index contributed by atoms with van der Waals surface area (Å²) in [4.78, 5) is 4.15. The first-order valence-electron chi connectivity index (χ1n) is 3.64. The number of ether oxygens (including phenoxy) is 1. The van der Waals surface area contributed by atoms with Crippen molar-refractivity contribution in [2.24, 2.45) is 0 Å². The fourth-order valence-corrected chi connectivity index (χ4v) is 1.36. The molecular formula is C8H8ClNO. The molecule has 0 saturated heterocycles. The molecule has 1 aliphatic heterocycles. The molecule has 0 atom stereocenters. The first kappa shape index (κ1) is 6.92. The zero-order valence-corrected chi connectivity index (χ0v) is 6.77. The van der Waals surface area contributed by atoms with E-state index >= 15 is 0 Å². The highest BCUT2D eigenvalue weighted by Crippen LogP contribution is 2.23. The average Bonchev–Trinajstić information content (AvgIpc) is 2.04. The largest absolute Gasteiger partial charge is 0.492 e. The molecule has 1 aromatic rings. The van der Waals surface area contributed by atoms with E-state index in [1.807, 2.05) is 6.07 Å². The van der Waals surface area contributed by atoms with Gasteiger partial charge in [-0.05, 0) is 25.0 Å². The lowest BCUT2D eigenvalue weighted by Gasteiger charge is -2.15. The van der Waals surface area contributed by atoms with Gasteiger partial charge in [-0.3, -0.25) is 0 Å². The van der Waals surface area contributed by atoms with E-state index in [0.717, 1.165) is 30.9 Å². The van der Waals surface area contributed by atoms with Gasteiger partial charge in [0.2, 0.25) is 0 Å². The van der Waals surface area contributed by atoms with Gasteiger partial charge in [-0.2, -0.15) is 0 Å².